The largest absolute Gasteiger partial charge is 0.371 e. The lowest BCUT2D eigenvalue weighted by Crippen LogP contribution is -2.38. The number of nitrogens with zero attached hydrogens (tertiary/aromatic N) is 4. The minimum absolute atomic E-state index is 0.0316. The van der Waals surface area contributed by atoms with Crippen molar-refractivity contribution in [3.63, 3.8) is 0 Å². The van der Waals surface area contributed by atoms with Crippen molar-refractivity contribution < 1.29 is 13.2 Å². The van der Waals surface area contributed by atoms with Crippen LogP contribution in [0.3, 0.4) is 0 Å². The number of piperidine rings is 1. The van der Waals surface area contributed by atoms with Gasteiger partial charge >= 0.3 is 0 Å². The topological polar surface area (TPSA) is 64.2 Å². The predicted molar refractivity (Wildman–Crippen MR) is 137 cm³/mol. The fraction of sp³-hybridized carbons (Fsp3) is 0.731. The van der Waals surface area contributed by atoms with E-state index in [1.54, 1.807) is 12.1 Å². The Bertz CT molecular complexity index is 937. The molecule has 2 aliphatic heterocycles. The van der Waals surface area contributed by atoms with E-state index in [0.717, 1.165) is 70.1 Å². The molecule has 0 N–H and O–H groups in total. The van der Waals surface area contributed by atoms with Crippen LogP contribution in [0.2, 0.25) is 0 Å². The summed E-state index contributed by atoms with van der Waals surface area (Å²) in [5.74, 6) is 0.769. The summed E-state index contributed by atoms with van der Waals surface area (Å²) in [5, 5.41) is 0. The second-order valence-corrected chi connectivity index (χ2v) is 12.6. The lowest BCUT2D eigenvalue weighted by molar-refractivity contribution is 0.0760. The molecule has 34 heavy (non-hydrogen) atoms. The Hall–Kier alpha value is -1.64. The molecule has 0 unspecified atom stereocenters. The number of benzene rings is 1. The fourth-order valence-corrected chi connectivity index (χ4v) is 6.66. The van der Waals surface area contributed by atoms with Crippen molar-refractivity contribution in [2.24, 2.45) is 5.92 Å². The van der Waals surface area contributed by atoms with E-state index in [-0.39, 0.29) is 10.8 Å². The highest BCUT2D eigenvalue weighted by molar-refractivity contribution is 7.89. The van der Waals surface area contributed by atoms with Crippen molar-refractivity contribution in [2.75, 3.05) is 64.8 Å². The molecule has 190 valence electrons. The second-order valence-electron chi connectivity index (χ2n) is 10.5. The molecule has 1 amide bonds. The van der Waals surface area contributed by atoms with E-state index in [1.165, 1.54) is 56.9 Å². The summed E-state index contributed by atoms with van der Waals surface area (Å²) in [4.78, 5) is 20.8. The van der Waals surface area contributed by atoms with Crippen molar-refractivity contribution in [3.05, 3.63) is 23.8 Å². The number of rotatable bonds is 6. The highest BCUT2D eigenvalue weighted by atomic mass is 32.2. The Balaban J connectivity index is 1.54. The molecule has 3 aliphatic rings. The molecule has 0 spiro atoms. The van der Waals surface area contributed by atoms with Gasteiger partial charge in [-0.1, -0.05) is 19.3 Å². The monoisotopic (exact) mass is 490 g/mol. The van der Waals surface area contributed by atoms with Gasteiger partial charge in [0.05, 0.1) is 10.5 Å². The standard InChI is InChI=1S/C26H42N4O3S/c1-27(2)34(32,33)23-12-13-25(29-15-7-4-8-16-29)24(20-23)26(31)30-17-9-14-28(18-19-30)21-22-10-5-3-6-11-22/h12-13,20,22H,3-11,14-19,21H2,1-2H3. The zero-order valence-electron chi connectivity index (χ0n) is 21.0. The van der Waals surface area contributed by atoms with E-state index in [9.17, 15) is 13.2 Å². The molecule has 3 fully saturated rings. The molecule has 4 rings (SSSR count). The van der Waals surface area contributed by atoms with Gasteiger partial charge in [0.25, 0.3) is 5.91 Å². The Morgan fingerprint density at radius 1 is 0.882 bits per heavy atom. The normalized spacial score (nSPS) is 21.6. The van der Waals surface area contributed by atoms with Gasteiger partial charge in [-0.25, -0.2) is 12.7 Å². The van der Waals surface area contributed by atoms with E-state index >= 15 is 0 Å². The first-order valence-electron chi connectivity index (χ1n) is 13.2. The molecule has 0 bridgehead atoms. The average Bonchev–Trinajstić information content (AvgIpc) is 3.10. The van der Waals surface area contributed by atoms with Crippen molar-refractivity contribution in [2.45, 2.75) is 62.7 Å². The molecule has 7 nitrogen and oxygen atoms in total. The summed E-state index contributed by atoms with van der Waals surface area (Å²) in [5.41, 5.74) is 1.41. The van der Waals surface area contributed by atoms with Crippen molar-refractivity contribution in [1.82, 2.24) is 14.1 Å². The van der Waals surface area contributed by atoms with Crippen LogP contribution in [0.1, 0.15) is 68.1 Å². The fourth-order valence-electron chi connectivity index (χ4n) is 5.73. The first kappa shape index (κ1) is 25.5. The highest BCUT2D eigenvalue weighted by Crippen LogP contribution is 2.30. The third kappa shape index (κ3) is 5.94. The molecular formula is C26H42N4O3S. The van der Waals surface area contributed by atoms with Gasteiger partial charge in [0, 0.05) is 59.1 Å². The number of sulfonamides is 1. The number of carbonyl (C=O) groups is 1. The van der Waals surface area contributed by atoms with E-state index in [4.69, 9.17) is 0 Å². The van der Waals surface area contributed by atoms with E-state index in [1.807, 2.05) is 11.0 Å². The van der Waals surface area contributed by atoms with Crippen LogP contribution in [0.5, 0.6) is 0 Å². The van der Waals surface area contributed by atoms with Gasteiger partial charge in [-0.3, -0.25) is 4.79 Å². The molecule has 0 atom stereocenters. The molecule has 0 aromatic heterocycles. The summed E-state index contributed by atoms with van der Waals surface area (Å²) in [6.07, 6.45) is 11.1. The minimum atomic E-state index is -3.61. The Labute approximate surface area is 206 Å². The third-order valence-corrected chi connectivity index (χ3v) is 9.60. The summed E-state index contributed by atoms with van der Waals surface area (Å²) in [7, 11) is -0.542. The third-order valence-electron chi connectivity index (χ3n) is 7.79. The molecule has 2 heterocycles. The molecule has 8 heteroatoms. The summed E-state index contributed by atoms with van der Waals surface area (Å²) in [6.45, 7) is 6.34. The van der Waals surface area contributed by atoms with Crippen LogP contribution >= 0.6 is 0 Å². The number of carbonyl (C=O) groups excluding carboxylic acids is 1. The van der Waals surface area contributed by atoms with E-state index < -0.39 is 10.0 Å². The summed E-state index contributed by atoms with van der Waals surface area (Å²) in [6, 6.07) is 5.12. The van der Waals surface area contributed by atoms with E-state index in [0.29, 0.717) is 12.1 Å². The van der Waals surface area contributed by atoms with E-state index in [2.05, 4.69) is 9.80 Å². The maximum Gasteiger partial charge on any atom is 0.256 e. The lowest BCUT2D eigenvalue weighted by atomic mass is 9.89. The lowest BCUT2D eigenvalue weighted by Gasteiger charge is -2.32. The van der Waals surface area contributed by atoms with Gasteiger partial charge < -0.3 is 14.7 Å². The van der Waals surface area contributed by atoms with Gasteiger partial charge in [0.2, 0.25) is 10.0 Å². The van der Waals surface area contributed by atoms with Crippen LogP contribution in [0.15, 0.2) is 23.1 Å². The maximum atomic E-state index is 13.8. The van der Waals surface area contributed by atoms with Gasteiger partial charge in [-0.2, -0.15) is 0 Å². The number of anilines is 1. The van der Waals surface area contributed by atoms with Crippen LogP contribution < -0.4 is 4.90 Å². The average molecular weight is 491 g/mol. The second kappa shape index (κ2) is 11.4. The van der Waals surface area contributed by atoms with Gasteiger partial charge in [-0.05, 0) is 69.2 Å². The van der Waals surface area contributed by atoms with Crippen molar-refractivity contribution >= 4 is 21.6 Å². The Kier molecular flexibility index (Phi) is 8.53. The van der Waals surface area contributed by atoms with Crippen LogP contribution in [-0.4, -0.2) is 88.3 Å². The number of hydrogen-bond acceptors (Lipinski definition) is 5. The van der Waals surface area contributed by atoms with Crippen LogP contribution in [0, 0.1) is 5.92 Å². The first-order chi connectivity index (χ1) is 16.4. The minimum Gasteiger partial charge on any atom is -0.371 e. The number of amides is 1. The molecule has 0 radical (unpaired) electrons. The Morgan fingerprint density at radius 3 is 2.29 bits per heavy atom. The molecule has 1 saturated carbocycles. The Morgan fingerprint density at radius 2 is 1.59 bits per heavy atom. The predicted octanol–water partition coefficient (Wildman–Crippen LogP) is 3.66. The molecule has 1 aliphatic carbocycles. The summed E-state index contributed by atoms with van der Waals surface area (Å²) < 4.78 is 26.9. The zero-order valence-corrected chi connectivity index (χ0v) is 21.9. The van der Waals surface area contributed by atoms with Crippen LogP contribution in [-0.2, 0) is 10.0 Å². The number of hydrogen-bond donors (Lipinski definition) is 0. The van der Waals surface area contributed by atoms with Crippen LogP contribution in [0.4, 0.5) is 5.69 Å². The molecule has 2 saturated heterocycles. The first-order valence-corrected chi connectivity index (χ1v) is 14.6. The maximum absolute atomic E-state index is 13.8. The van der Waals surface area contributed by atoms with Crippen molar-refractivity contribution in [3.8, 4) is 0 Å². The molecule has 1 aromatic rings. The van der Waals surface area contributed by atoms with Crippen molar-refractivity contribution in [1.29, 1.82) is 0 Å². The molecular weight excluding hydrogens is 448 g/mol. The molecule has 1 aromatic carbocycles. The van der Waals surface area contributed by atoms with Crippen LogP contribution in [0.25, 0.3) is 0 Å². The quantitative estimate of drug-likeness (QED) is 0.609. The summed E-state index contributed by atoms with van der Waals surface area (Å²) >= 11 is 0. The SMILES string of the molecule is CN(C)S(=O)(=O)c1ccc(N2CCCCC2)c(C(=O)N2CCCN(CC3CCCCC3)CC2)c1. The van der Waals surface area contributed by atoms with Gasteiger partial charge in [0.15, 0.2) is 0 Å². The van der Waals surface area contributed by atoms with Gasteiger partial charge in [-0.15, -0.1) is 0 Å². The van der Waals surface area contributed by atoms with Gasteiger partial charge in [0.1, 0.15) is 0 Å². The zero-order chi connectivity index (χ0) is 24.1. The highest BCUT2D eigenvalue weighted by Gasteiger charge is 2.28. The smallest absolute Gasteiger partial charge is 0.256 e.